The lowest BCUT2D eigenvalue weighted by Gasteiger charge is -2.17. The first-order chi connectivity index (χ1) is 10.8. The van der Waals surface area contributed by atoms with Crippen molar-refractivity contribution in [2.75, 3.05) is 12.4 Å². The highest BCUT2D eigenvalue weighted by Crippen LogP contribution is 2.26. The van der Waals surface area contributed by atoms with Gasteiger partial charge in [-0.2, -0.15) is 8.78 Å². The van der Waals surface area contributed by atoms with Crippen LogP contribution >= 0.6 is 11.6 Å². The predicted octanol–water partition coefficient (Wildman–Crippen LogP) is 4.27. The van der Waals surface area contributed by atoms with Gasteiger partial charge in [-0.3, -0.25) is 4.79 Å². The third-order valence-corrected chi connectivity index (χ3v) is 3.41. The molecular weight excluding hydrogens is 328 g/mol. The number of anilines is 1. The number of carbonyl (C=O) groups is 1. The van der Waals surface area contributed by atoms with Crippen molar-refractivity contribution in [2.45, 2.75) is 13.0 Å². The third-order valence-electron chi connectivity index (χ3n) is 3.00. The van der Waals surface area contributed by atoms with Crippen molar-refractivity contribution in [1.82, 2.24) is 0 Å². The lowest BCUT2D eigenvalue weighted by molar-refractivity contribution is -0.187. The van der Waals surface area contributed by atoms with Gasteiger partial charge in [-0.05, 0) is 48.9 Å². The molecule has 0 atom stereocenters. The maximum atomic E-state index is 13.9. The molecule has 0 aliphatic heterocycles. The quantitative estimate of drug-likeness (QED) is 0.883. The van der Waals surface area contributed by atoms with Crippen LogP contribution < -0.4 is 14.8 Å². The van der Waals surface area contributed by atoms with Crippen molar-refractivity contribution in [2.24, 2.45) is 0 Å². The van der Waals surface area contributed by atoms with Crippen molar-refractivity contribution >= 4 is 23.2 Å². The zero-order valence-corrected chi connectivity index (χ0v) is 13.2. The van der Waals surface area contributed by atoms with Crippen LogP contribution in [0.15, 0.2) is 42.5 Å². The molecule has 2 aromatic carbocycles. The number of methoxy groups -OCH3 is 1. The summed E-state index contributed by atoms with van der Waals surface area (Å²) in [7, 11) is 1.45. The van der Waals surface area contributed by atoms with E-state index >= 15 is 0 Å². The first kappa shape index (κ1) is 17.0. The Hall–Kier alpha value is -2.34. The highest BCUT2D eigenvalue weighted by Gasteiger charge is 2.42. The molecule has 0 heterocycles. The number of alkyl halides is 2. The standard InChI is InChI=1S/C16H14ClF2NO3/c1-10-3-4-11(9-14(10)17)20-15(21)16(18,19)23-13-7-5-12(22-2)6-8-13/h3-9H,1-2H3,(H,20,21). The van der Waals surface area contributed by atoms with Crippen LogP contribution in [0.2, 0.25) is 5.02 Å². The molecule has 0 saturated carbocycles. The molecule has 1 N–H and O–H groups in total. The Balaban J connectivity index is 2.07. The normalized spacial score (nSPS) is 11.0. The zero-order chi connectivity index (χ0) is 17.0. The highest BCUT2D eigenvalue weighted by molar-refractivity contribution is 6.31. The lowest BCUT2D eigenvalue weighted by atomic mass is 10.2. The van der Waals surface area contributed by atoms with Gasteiger partial charge in [0.25, 0.3) is 0 Å². The van der Waals surface area contributed by atoms with E-state index in [9.17, 15) is 13.6 Å². The number of ether oxygens (including phenoxy) is 2. The monoisotopic (exact) mass is 341 g/mol. The topological polar surface area (TPSA) is 47.6 Å². The third kappa shape index (κ3) is 4.32. The summed E-state index contributed by atoms with van der Waals surface area (Å²) in [6.07, 6.45) is -4.04. The van der Waals surface area contributed by atoms with Crippen LogP contribution in [0.25, 0.3) is 0 Å². The van der Waals surface area contributed by atoms with Crippen LogP contribution in [0.4, 0.5) is 14.5 Å². The van der Waals surface area contributed by atoms with E-state index in [1.54, 1.807) is 13.0 Å². The number of hydrogen-bond donors (Lipinski definition) is 1. The van der Waals surface area contributed by atoms with Gasteiger partial charge in [0.1, 0.15) is 11.5 Å². The first-order valence-electron chi connectivity index (χ1n) is 6.60. The number of carbonyl (C=O) groups excluding carboxylic acids is 1. The molecule has 23 heavy (non-hydrogen) atoms. The van der Waals surface area contributed by atoms with Crippen molar-refractivity contribution in [1.29, 1.82) is 0 Å². The molecule has 0 unspecified atom stereocenters. The van der Waals surface area contributed by atoms with E-state index in [4.69, 9.17) is 16.3 Å². The van der Waals surface area contributed by atoms with E-state index in [1.807, 2.05) is 0 Å². The minimum atomic E-state index is -4.04. The van der Waals surface area contributed by atoms with Crippen molar-refractivity contribution < 1.29 is 23.0 Å². The summed E-state index contributed by atoms with van der Waals surface area (Å²) in [5, 5.41) is 2.43. The van der Waals surface area contributed by atoms with Crippen molar-refractivity contribution in [3.05, 3.63) is 53.1 Å². The number of amides is 1. The fourth-order valence-electron chi connectivity index (χ4n) is 1.71. The van der Waals surface area contributed by atoms with Crippen LogP contribution in [-0.4, -0.2) is 19.1 Å². The Kier molecular flexibility index (Phi) is 5.05. The van der Waals surface area contributed by atoms with Gasteiger partial charge in [-0.15, -0.1) is 0 Å². The number of benzene rings is 2. The number of rotatable bonds is 5. The van der Waals surface area contributed by atoms with Gasteiger partial charge in [0, 0.05) is 10.7 Å². The largest absolute Gasteiger partial charge is 0.497 e. The van der Waals surface area contributed by atoms with Crippen LogP contribution in [0.3, 0.4) is 0 Å². The molecule has 0 aliphatic rings. The SMILES string of the molecule is COc1ccc(OC(F)(F)C(=O)Nc2ccc(C)c(Cl)c2)cc1. The highest BCUT2D eigenvalue weighted by atomic mass is 35.5. The Labute approximate surface area is 137 Å². The second-order valence-electron chi connectivity index (χ2n) is 4.71. The average Bonchev–Trinajstić information content (AvgIpc) is 2.51. The number of hydrogen-bond acceptors (Lipinski definition) is 3. The van der Waals surface area contributed by atoms with E-state index in [2.05, 4.69) is 10.1 Å². The lowest BCUT2D eigenvalue weighted by Crippen LogP contribution is -2.39. The number of aryl methyl sites for hydroxylation is 1. The Morgan fingerprint density at radius 1 is 1.13 bits per heavy atom. The summed E-state index contributed by atoms with van der Waals surface area (Å²) < 4.78 is 37.1. The zero-order valence-electron chi connectivity index (χ0n) is 12.4. The maximum Gasteiger partial charge on any atom is 0.482 e. The van der Waals surface area contributed by atoms with Gasteiger partial charge in [-0.25, -0.2) is 0 Å². The molecule has 1 amide bonds. The van der Waals surface area contributed by atoms with Crippen molar-refractivity contribution in [3.63, 3.8) is 0 Å². The van der Waals surface area contributed by atoms with Crippen LogP contribution in [-0.2, 0) is 4.79 Å². The van der Waals surface area contributed by atoms with E-state index in [0.717, 1.165) is 5.56 Å². The minimum Gasteiger partial charge on any atom is -0.497 e. The average molecular weight is 342 g/mol. The summed E-state index contributed by atoms with van der Waals surface area (Å²) in [6.45, 7) is 1.76. The summed E-state index contributed by atoms with van der Waals surface area (Å²) in [5.41, 5.74) is 0.925. The summed E-state index contributed by atoms with van der Waals surface area (Å²) in [6, 6.07) is 9.93. The van der Waals surface area contributed by atoms with Gasteiger partial charge in [0.05, 0.1) is 7.11 Å². The van der Waals surface area contributed by atoms with Gasteiger partial charge in [0.2, 0.25) is 0 Å². The molecule has 0 aliphatic carbocycles. The molecule has 0 spiro atoms. The predicted molar refractivity (Wildman–Crippen MR) is 83.4 cm³/mol. The molecular formula is C16H14ClF2NO3. The molecule has 0 bridgehead atoms. The molecule has 0 saturated heterocycles. The Bertz CT molecular complexity index is 705. The smallest absolute Gasteiger partial charge is 0.482 e. The van der Waals surface area contributed by atoms with Crippen LogP contribution in [0.1, 0.15) is 5.56 Å². The van der Waals surface area contributed by atoms with E-state index in [0.29, 0.717) is 10.8 Å². The van der Waals surface area contributed by atoms with E-state index in [-0.39, 0.29) is 11.4 Å². The van der Waals surface area contributed by atoms with Gasteiger partial charge in [-0.1, -0.05) is 17.7 Å². The van der Waals surface area contributed by atoms with Crippen LogP contribution in [0.5, 0.6) is 11.5 Å². The maximum absolute atomic E-state index is 13.9. The molecule has 122 valence electrons. The Morgan fingerprint density at radius 3 is 2.30 bits per heavy atom. The van der Waals surface area contributed by atoms with Crippen molar-refractivity contribution in [3.8, 4) is 11.5 Å². The van der Waals surface area contributed by atoms with Gasteiger partial charge >= 0.3 is 12.0 Å². The molecule has 4 nitrogen and oxygen atoms in total. The fraction of sp³-hybridized carbons (Fsp3) is 0.188. The van der Waals surface area contributed by atoms with Gasteiger partial charge < -0.3 is 14.8 Å². The fourth-order valence-corrected chi connectivity index (χ4v) is 1.89. The summed E-state index contributed by atoms with van der Waals surface area (Å²) >= 11 is 5.89. The first-order valence-corrected chi connectivity index (χ1v) is 6.98. The van der Waals surface area contributed by atoms with E-state index < -0.39 is 12.0 Å². The molecule has 0 fully saturated rings. The molecule has 2 aromatic rings. The second kappa shape index (κ2) is 6.83. The Morgan fingerprint density at radius 2 is 1.74 bits per heavy atom. The molecule has 0 aromatic heterocycles. The summed E-state index contributed by atoms with van der Waals surface area (Å²) in [5.74, 6) is -1.26. The number of nitrogens with one attached hydrogen (secondary N) is 1. The van der Waals surface area contributed by atoms with E-state index in [1.165, 1.54) is 43.5 Å². The minimum absolute atomic E-state index is 0.156. The number of halogens is 3. The van der Waals surface area contributed by atoms with Crippen LogP contribution in [0, 0.1) is 6.92 Å². The second-order valence-corrected chi connectivity index (χ2v) is 5.12. The van der Waals surface area contributed by atoms with Gasteiger partial charge in [0.15, 0.2) is 0 Å². The molecule has 0 radical (unpaired) electrons. The molecule has 7 heteroatoms. The summed E-state index contributed by atoms with van der Waals surface area (Å²) in [4.78, 5) is 11.7. The molecule has 2 rings (SSSR count).